The first-order valence-electron chi connectivity index (χ1n) is 7.57. The Balaban J connectivity index is 1.34. The molecule has 2 N–H and O–H groups in total. The van der Waals surface area contributed by atoms with Crippen LogP contribution in [-0.4, -0.2) is 37.3 Å². The smallest absolute Gasteiger partial charge is 0.270 e. The molecular weight excluding hydrogens is 331 g/mol. The van der Waals surface area contributed by atoms with Crippen molar-refractivity contribution in [2.24, 2.45) is 0 Å². The SMILES string of the molecule is Cc1ncc(F)c(NC2CC(NC(=O)c3cnc4sccn34)C2)n1. The van der Waals surface area contributed by atoms with Crippen LogP contribution in [-0.2, 0) is 0 Å². The van der Waals surface area contributed by atoms with Gasteiger partial charge in [-0.25, -0.2) is 19.3 Å². The zero-order valence-corrected chi connectivity index (χ0v) is 13.7. The number of aryl methyl sites for hydroxylation is 1. The summed E-state index contributed by atoms with van der Waals surface area (Å²) in [4.78, 5) is 25.2. The summed E-state index contributed by atoms with van der Waals surface area (Å²) in [5, 5.41) is 7.93. The number of aromatic nitrogens is 4. The Morgan fingerprint density at radius 3 is 3.00 bits per heavy atom. The van der Waals surface area contributed by atoms with Crippen molar-refractivity contribution in [3.63, 3.8) is 0 Å². The molecule has 1 fully saturated rings. The lowest BCUT2D eigenvalue weighted by Crippen LogP contribution is -2.50. The Kier molecular flexibility index (Phi) is 3.64. The monoisotopic (exact) mass is 346 g/mol. The van der Waals surface area contributed by atoms with Crippen LogP contribution < -0.4 is 10.6 Å². The Morgan fingerprint density at radius 2 is 2.17 bits per heavy atom. The minimum Gasteiger partial charge on any atom is -0.365 e. The van der Waals surface area contributed by atoms with Gasteiger partial charge in [-0.05, 0) is 19.8 Å². The first-order chi connectivity index (χ1) is 11.6. The normalized spacial score (nSPS) is 19.9. The maximum atomic E-state index is 13.6. The van der Waals surface area contributed by atoms with Crippen molar-refractivity contribution in [3.8, 4) is 0 Å². The van der Waals surface area contributed by atoms with Crippen molar-refractivity contribution in [1.82, 2.24) is 24.7 Å². The van der Waals surface area contributed by atoms with Crippen molar-refractivity contribution < 1.29 is 9.18 Å². The molecule has 1 aliphatic rings. The van der Waals surface area contributed by atoms with Gasteiger partial charge in [0.15, 0.2) is 16.6 Å². The van der Waals surface area contributed by atoms with E-state index >= 15 is 0 Å². The topological polar surface area (TPSA) is 84.2 Å². The van der Waals surface area contributed by atoms with Crippen LogP contribution in [0.2, 0.25) is 0 Å². The van der Waals surface area contributed by atoms with E-state index in [1.807, 2.05) is 11.6 Å². The first kappa shape index (κ1) is 15.0. The van der Waals surface area contributed by atoms with E-state index in [4.69, 9.17) is 0 Å². The summed E-state index contributed by atoms with van der Waals surface area (Å²) in [6.07, 6.45) is 6.01. The standard InChI is InChI=1S/C15H15FN6OS/c1-8-17-6-11(16)13(19-8)20-9-4-10(5-9)21-14(23)12-7-18-15-22(12)2-3-24-15/h2-3,6-7,9-10H,4-5H2,1H3,(H,21,23)(H,17,19,20). The van der Waals surface area contributed by atoms with Gasteiger partial charge in [0.05, 0.1) is 12.4 Å². The summed E-state index contributed by atoms with van der Waals surface area (Å²) in [7, 11) is 0. The molecule has 0 bridgehead atoms. The maximum Gasteiger partial charge on any atom is 0.270 e. The third-order valence-corrected chi connectivity index (χ3v) is 4.83. The third kappa shape index (κ3) is 2.71. The second-order valence-corrected chi connectivity index (χ2v) is 6.67. The minimum absolute atomic E-state index is 0.0604. The molecule has 1 aliphatic carbocycles. The fraction of sp³-hybridized carbons (Fsp3) is 0.333. The summed E-state index contributed by atoms with van der Waals surface area (Å²) in [6, 6.07) is 0.149. The Bertz CT molecular complexity index is 900. The van der Waals surface area contributed by atoms with Crippen LogP contribution in [0.1, 0.15) is 29.2 Å². The van der Waals surface area contributed by atoms with E-state index in [0.717, 1.165) is 24.0 Å². The number of carbonyl (C=O) groups is 1. The molecule has 0 radical (unpaired) electrons. The van der Waals surface area contributed by atoms with Crippen LogP contribution in [0.25, 0.3) is 4.96 Å². The lowest BCUT2D eigenvalue weighted by Gasteiger charge is -2.36. The number of fused-ring (bicyclic) bond motifs is 1. The lowest BCUT2D eigenvalue weighted by molar-refractivity contribution is 0.0907. The Morgan fingerprint density at radius 1 is 1.33 bits per heavy atom. The number of rotatable bonds is 4. The molecule has 3 aromatic rings. The number of amides is 1. The number of hydrogen-bond donors (Lipinski definition) is 2. The van der Waals surface area contributed by atoms with Gasteiger partial charge in [0.1, 0.15) is 11.5 Å². The molecule has 0 unspecified atom stereocenters. The van der Waals surface area contributed by atoms with Crippen molar-refractivity contribution in [2.45, 2.75) is 31.8 Å². The van der Waals surface area contributed by atoms with Crippen molar-refractivity contribution in [3.05, 3.63) is 41.3 Å². The Labute approximate surface area is 141 Å². The fourth-order valence-electron chi connectivity index (χ4n) is 2.76. The fourth-order valence-corrected chi connectivity index (χ4v) is 3.45. The van der Waals surface area contributed by atoms with Gasteiger partial charge >= 0.3 is 0 Å². The zero-order valence-electron chi connectivity index (χ0n) is 12.9. The van der Waals surface area contributed by atoms with Crippen molar-refractivity contribution >= 4 is 28.0 Å². The van der Waals surface area contributed by atoms with Gasteiger partial charge in [-0.1, -0.05) is 0 Å². The summed E-state index contributed by atoms with van der Waals surface area (Å²) in [5.74, 6) is 0.122. The average Bonchev–Trinajstić information content (AvgIpc) is 3.11. The molecule has 0 atom stereocenters. The second-order valence-electron chi connectivity index (χ2n) is 5.80. The second kappa shape index (κ2) is 5.82. The van der Waals surface area contributed by atoms with Crippen LogP contribution in [0, 0.1) is 12.7 Å². The molecule has 124 valence electrons. The molecule has 4 rings (SSSR count). The summed E-state index contributed by atoms with van der Waals surface area (Å²) < 4.78 is 15.4. The van der Waals surface area contributed by atoms with Gasteiger partial charge < -0.3 is 10.6 Å². The number of carbonyl (C=O) groups excluding carboxylic acids is 1. The van der Waals surface area contributed by atoms with Gasteiger partial charge in [0.2, 0.25) is 0 Å². The number of halogens is 1. The molecule has 3 heterocycles. The van der Waals surface area contributed by atoms with Crippen LogP contribution in [0.3, 0.4) is 0 Å². The zero-order chi connectivity index (χ0) is 16.7. The van der Waals surface area contributed by atoms with Crippen LogP contribution in [0.5, 0.6) is 0 Å². The molecule has 0 spiro atoms. The average molecular weight is 346 g/mol. The van der Waals surface area contributed by atoms with E-state index in [2.05, 4.69) is 25.6 Å². The molecule has 1 saturated carbocycles. The molecular formula is C15H15FN6OS. The summed E-state index contributed by atoms with van der Waals surface area (Å²) >= 11 is 1.48. The molecule has 24 heavy (non-hydrogen) atoms. The largest absolute Gasteiger partial charge is 0.365 e. The predicted molar refractivity (Wildman–Crippen MR) is 87.7 cm³/mol. The summed E-state index contributed by atoms with van der Waals surface area (Å²) in [5.41, 5.74) is 0.528. The van der Waals surface area contributed by atoms with Gasteiger partial charge in [-0.15, -0.1) is 11.3 Å². The third-order valence-electron chi connectivity index (χ3n) is 4.06. The van der Waals surface area contributed by atoms with Crippen LogP contribution >= 0.6 is 11.3 Å². The van der Waals surface area contributed by atoms with E-state index in [9.17, 15) is 9.18 Å². The summed E-state index contributed by atoms with van der Waals surface area (Å²) in [6.45, 7) is 1.71. The number of hydrogen-bond acceptors (Lipinski definition) is 6. The highest BCUT2D eigenvalue weighted by molar-refractivity contribution is 7.15. The number of nitrogens with one attached hydrogen (secondary N) is 2. The molecule has 0 aliphatic heterocycles. The molecule has 1 amide bonds. The van der Waals surface area contributed by atoms with Crippen LogP contribution in [0.15, 0.2) is 24.0 Å². The highest BCUT2D eigenvalue weighted by atomic mass is 32.1. The van der Waals surface area contributed by atoms with E-state index in [1.165, 1.54) is 11.3 Å². The van der Waals surface area contributed by atoms with E-state index in [0.29, 0.717) is 11.5 Å². The van der Waals surface area contributed by atoms with Crippen molar-refractivity contribution in [1.29, 1.82) is 0 Å². The van der Waals surface area contributed by atoms with Gasteiger partial charge in [-0.2, -0.15) is 0 Å². The van der Waals surface area contributed by atoms with E-state index in [-0.39, 0.29) is 23.8 Å². The van der Waals surface area contributed by atoms with Crippen molar-refractivity contribution in [2.75, 3.05) is 5.32 Å². The predicted octanol–water partition coefficient (Wildman–Crippen LogP) is 2.01. The van der Waals surface area contributed by atoms with Gasteiger partial charge in [0, 0.05) is 23.7 Å². The molecule has 9 heteroatoms. The number of thiazole rings is 1. The molecule has 0 aromatic carbocycles. The maximum absolute atomic E-state index is 13.6. The minimum atomic E-state index is -0.466. The number of nitrogens with zero attached hydrogens (tertiary/aromatic N) is 4. The quantitative estimate of drug-likeness (QED) is 0.755. The number of anilines is 1. The molecule has 3 aromatic heterocycles. The highest BCUT2D eigenvalue weighted by Crippen LogP contribution is 2.25. The lowest BCUT2D eigenvalue weighted by atomic mass is 9.86. The van der Waals surface area contributed by atoms with E-state index < -0.39 is 5.82 Å². The highest BCUT2D eigenvalue weighted by Gasteiger charge is 2.32. The Hall–Kier alpha value is -2.55. The molecule has 7 nitrogen and oxygen atoms in total. The molecule has 0 saturated heterocycles. The van der Waals surface area contributed by atoms with Gasteiger partial charge in [0.25, 0.3) is 5.91 Å². The van der Waals surface area contributed by atoms with E-state index in [1.54, 1.807) is 17.5 Å². The van der Waals surface area contributed by atoms with Gasteiger partial charge in [-0.3, -0.25) is 9.20 Å². The number of imidazole rings is 1. The first-order valence-corrected chi connectivity index (χ1v) is 8.45. The van der Waals surface area contributed by atoms with Crippen LogP contribution in [0.4, 0.5) is 10.2 Å².